The fraction of sp³-hybridized carbons (Fsp3) is 0.133. The van der Waals surface area contributed by atoms with E-state index in [1.54, 1.807) is 24.3 Å². The van der Waals surface area contributed by atoms with E-state index in [2.05, 4.69) is 4.98 Å². The predicted octanol–water partition coefficient (Wildman–Crippen LogP) is 4.92. The highest BCUT2D eigenvalue weighted by molar-refractivity contribution is 8.31. The molecule has 1 aliphatic heterocycles. The molecule has 1 aliphatic rings. The van der Waals surface area contributed by atoms with Gasteiger partial charge in [-0.05, 0) is 17.0 Å². The van der Waals surface area contributed by atoms with Crippen LogP contribution in [0.4, 0.5) is 13.2 Å². The normalized spacial score (nSPS) is 23.6. The van der Waals surface area contributed by atoms with Crippen molar-refractivity contribution in [2.45, 2.75) is 16.8 Å². The lowest BCUT2D eigenvalue weighted by Gasteiger charge is -2.30. The first-order valence-electron chi connectivity index (χ1n) is 6.21. The Bertz CT molecular complexity index is 700. The number of alkyl halides is 3. The lowest BCUT2D eigenvalue weighted by molar-refractivity contribution is -0.140. The number of rotatable bonds is 2. The highest BCUT2D eigenvalue weighted by Gasteiger charge is 2.41. The first-order valence-corrected chi connectivity index (χ1v) is 8.03. The molecule has 1 aromatic heterocycles. The molecule has 1 unspecified atom stereocenters. The first kappa shape index (κ1) is 14.2. The van der Waals surface area contributed by atoms with Crippen LogP contribution in [-0.4, -0.2) is 9.54 Å². The van der Waals surface area contributed by atoms with Crippen LogP contribution in [-0.2, 0) is 11.9 Å². The van der Waals surface area contributed by atoms with E-state index in [1.807, 2.05) is 6.07 Å². The number of benzene rings is 1. The molecule has 2 aromatic rings. The van der Waals surface area contributed by atoms with E-state index in [9.17, 15) is 17.7 Å². The number of hydrogen-bond acceptors (Lipinski definition) is 2. The number of nitrogens with zero attached hydrogens (tertiary/aromatic N) is 1. The second-order valence-electron chi connectivity index (χ2n) is 4.79. The zero-order chi connectivity index (χ0) is 15.1. The molecule has 0 spiro atoms. The van der Waals surface area contributed by atoms with Gasteiger partial charge >= 0.3 is 6.18 Å². The number of halogens is 3. The van der Waals surface area contributed by atoms with Crippen LogP contribution in [0.1, 0.15) is 16.7 Å². The SMILES string of the molecule is OS1(Cc2ccccc2)C=Cc2cncc(C(F)(F)F)c21. The molecule has 0 amide bonds. The molecule has 0 fully saturated rings. The van der Waals surface area contributed by atoms with Crippen molar-refractivity contribution in [1.82, 2.24) is 4.98 Å². The van der Waals surface area contributed by atoms with Crippen molar-refractivity contribution >= 4 is 16.4 Å². The van der Waals surface area contributed by atoms with Crippen LogP contribution in [0.3, 0.4) is 0 Å². The second kappa shape index (κ2) is 4.89. The van der Waals surface area contributed by atoms with Gasteiger partial charge in [-0.2, -0.15) is 13.2 Å². The Labute approximate surface area is 121 Å². The van der Waals surface area contributed by atoms with E-state index in [0.29, 0.717) is 5.56 Å². The summed E-state index contributed by atoms with van der Waals surface area (Å²) >= 11 is 0. The smallest absolute Gasteiger partial charge is 0.343 e. The van der Waals surface area contributed by atoms with Crippen molar-refractivity contribution in [3.05, 3.63) is 64.8 Å². The van der Waals surface area contributed by atoms with E-state index in [4.69, 9.17) is 0 Å². The lowest BCUT2D eigenvalue weighted by atomic mass is 10.2. The van der Waals surface area contributed by atoms with Crippen LogP contribution in [0.25, 0.3) is 6.08 Å². The van der Waals surface area contributed by atoms with E-state index in [0.717, 1.165) is 11.8 Å². The molecule has 1 atom stereocenters. The molecule has 3 rings (SSSR count). The Hall–Kier alpha value is -1.79. The molecule has 2 nitrogen and oxygen atoms in total. The quantitative estimate of drug-likeness (QED) is 0.854. The van der Waals surface area contributed by atoms with E-state index < -0.39 is 22.0 Å². The molecule has 0 bridgehead atoms. The maximum atomic E-state index is 13.2. The van der Waals surface area contributed by atoms with Crippen LogP contribution in [0, 0.1) is 0 Å². The Morgan fingerprint density at radius 1 is 1.10 bits per heavy atom. The van der Waals surface area contributed by atoms with Crippen molar-refractivity contribution in [3.63, 3.8) is 0 Å². The highest BCUT2D eigenvalue weighted by Crippen LogP contribution is 2.64. The zero-order valence-corrected chi connectivity index (χ0v) is 11.7. The van der Waals surface area contributed by atoms with Crippen LogP contribution >= 0.6 is 10.3 Å². The monoisotopic (exact) mass is 311 g/mol. The molecule has 110 valence electrons. The van der Waals surface area contributed by atoms with Gasteiger partial charge in [0.25, 0.3) is 0 Å². The molecule has 0 saturated carbocycles. The van der Waals surface area contributed by atoms with Gasteiger partial charge in [-0.15, -0.1) is 0 Å². The van der Waals surface area contributed by atoms with Gasteiger partial charge in [-0.25, -0.2) is 0 Å². The molecule has 2 heterocycles. The molecular weight excluding hydrogens is 299 g/mol. The maximum Gasteiger partial charge on any atom is 0.419 e. The zero-order valence-electron chi connectivity index (χ0n) is 10.8. The molecule has 21 heavy (non-hydrogen) atoms. The first-order chi connectivity index (χ1) is 9.90. The average Bonchev–Trinajstić information content (AvgIpc) is 2.77. The Kier molecular flexibility index (Phi) is 3.30. The summed E-state index contributed by atoms with van der Waals surface area (Å²) in [6, 6.07) is 9.02. The Morgan fingerprint density at radius 2 is 1.81 bits per heavy atom. The summed E-state index contributed by atoms with van der Waals surface area (Å²) in [5.74, 6) is 0.171. The highest BCUT2D eigenvalue weighted by atomic mass is 32.3. The number of aromatic nitrogens is 1. The van der Waals surface area contributed by atoms with Gasteiger partial charge in [0.1, 0.15) is 0 Å². The minimum absolute atomic E-state index is 0.0335. The van der Waals surface area contributed by atoms with Crippen LogP contribution in [0.5, 0.6) is 0 Å². The summed E-state index contributed by atoms with van der Waals surface area (Å²) in [6.07, 6.45) is -0.857. The van der Waals surface area contributed by atoms with Crippen molar-refractivity contribution in [2.24, 2.45) is 0 Å². The maximum absolute atomic E-state index is 13.2. The van der Waals surface area contributed by atoms with Gasteiger partial charge in [-0.1, -0.05) is 40.6 Å². The van der Waals surface area contributed by atoms with E-state index in [1.165, 1.54) is 17.7 Å². The molecule has 0 radical (unpaired) electrons. The topological polar surface area (TPSA) is 33.1 Å². The fourth-order valence-electron chi connectivity index (χ4n) is 2.38. The van der Waals surface area contributed by atoms with Gasteiger partial charge in [0.2, 0.25) is 0 Å². The van der Waals surface area contributed by atoms with Crippen molar-refractivity contribution in [2.75, 3.05) is 0 Å². The van der Waals surface area contributed by atoms with Crippen molar-refractivity contribution in [3.8, 4) is 0 Å². The van der Waals surface area contributed by atoms with Crippen molar-refractivity contribution in [1.29, 1.82) is 0 Å². The minimum atomic E-state index is -4.53. The second-order valence-corrected chi connectivity index (χ2v) is 7.27. The number of pyridine rings is 1. The van der Waals surface area contributed by atoms with Gasteiger partial charge in [-0.3, -0.25) is 4.98 Å². The molecular formula is C15H12F3NOS. The van der Waals surface area contributed by atoms with Crippen LogP contribution in [0.15, 0.2) is 53.0 Å². The number of hydrogen-bond donors (Lipinski definition) is 1. The Morgan fingerprint density at radius 3 is 2.48 bits per heavy atom. The largest absolute Gasteiger partial charge is 0.419 e. The summed E-state index contributed by atoms with van der Waals surface area (Å²) in [5, 5.41) is 1.49. The van der Waals surface area contributed by atoms with Gasteiger partial charge in [0.15, 0.2) is 0 Å². The molecule has 6 heteroatoms. The summed E-state index contributed by atoms with van der Waals surface area (Å²) < 4.78 is 50.3. The third kappa shape index (κ3) is 2.56. The fourth-order valence-corrected chi connectivity index (χ4v) is 4.91. The number of fused-ring (bicyclic) bond motifs is 1. The van der Waals surface area contributed by atoms with Gasteiger partial charge in [0, 0.05) is 28.6 Å². The Balaban J connectivity index is 2.08. The minimum Gasteiger partial charge on any atom is -0.343 e. The summed E-state index contributed by atoms with van der Waals surface area (Å²) in [6.45, 7) is 0. The molecule has 0 aliphatic carbocycles. The van der Waals surface area contributed by atoms with Gasteiger partial charge < -0.3 is 4.55 Å². The third-order valence-electron chi connectivity index (χ3n) is 3.29. The van der Waals surface area contributed by atoms with E-state index >= 15 is 0 Å². The van der Waals surface area contributed by atoms with Crippen LogP contribution in [0.2, 0.25) is 0 Å². The van der Waals surface area contributed by atoms with E-state index in [-0.39, 0.29) is 10.6 Å². The molecule has 1 aromatic carbocycles. The third-order valence-corrected chi connectivity index (χ3v) is 5.81. The summed E-state index contributed by atoms with van der Waals surface area (Å²) in [7, 11) is -2.67. The molecule has 0 saturated heterocycles. The van der Waals surface area contributed by atoms with Gasteiger partial charge in [0.05, 0.1) is 5.56 Å². The average molecular weight is 311 g/mol. The standard InChI is InChI=1S/C15H12F3NOS/c16-15(17,18)13-9-19-8-12-6-7-21(20,14(12)13)10-11-4-2-1-3-5-11/h1-9,20H,10H2. The predicted molar refractivity (Wildman–Crippen MR) is 76.9 cm³/mol. The van der Waals surface area contributed by atoms with Crippen molar-refractivity contribution < 1.29 is 17.7 Å². The summed E-state index contributed by atoms with van der Waals surface area (Å²) in [4.78, 5) is 3.59. The van der Waals surface area contributed by atoms with Crippen LogP contribution < -0.4 is 0 Å². The molecule has 1 N–H and O–H groups in total. The summed E-state index contributed by atoms with van der Waals surface area (Å²) in [5.41, 5.74) is 0.300. The lowest BCUT2D eigenvalue weighted by Crippen LogP contribution is -2.12.